The normalized spacial score (nSPS) is 11.7. The molecule has 0 fully saturated rings. The molecule has 0 aliphatic heterocycles. The molecule has 0 heterocycles. The molecule has 0 aliphatic carbocycles. The van der Waals surface area contributed by atoms with Gasteiger partial charge in [-0.25, -0.2) is 0 Å². The van der Waals surface area contributed by atoms with Crippen LogP contribution in [0.4, 0.5) is 11.4 Å². The number of primary amides is 1. The number of para-hydroxylation sites is 1. The maximum absolute atomic E-state index is 12.3. The second-order valence-corrected chi connectivity index (χ2v) is 7.50. The molecule has 1 rings (SSSR count). The Morgan fingerprint density at radius 3 is 1.78 bits per heavy atom. The van der Waals surface area contributed by atoms with Crippen molar-refractivity contribution in [2.24, 2.45) is 16.6 Å². The first kappa shape index (κ1) is 18.7. The van der Waals surface area contributed by atoms with Crippen LogP contribution in [-0.2, 0) is 9.59 Å². The quantitative estimate of drug-likeness (QED) is 0.798. The summed E-state index contributed by atoms with van der Waals surface area (Å²) in [6.45, 7) is 10.6. The molecule has 1 aromatic carbocycles. The second kappa shape index (κ2) is 6.40. The molecule has 126 valence electrons. The summed E-state index contributed by atoms with van der Waals surface area (Å²) in [5.74, 6) is -1.19. The zero-order valence-corrected chi connectivity index (χ0v) is 14.5. The van der Waals surface area contributed by atoms with Crippen molar-refractivity contribution in [3.05, 3.63) is 23.8 Å². The minimum Gasteiger partial charge on any atom is -0.366 e. The minimum absolute atomic E-state index is 0.148. The Labute approximate surface area is 136 Å². The summed E-state index contributed by atoms with van der Waals surface area (Å²) in [4.78, 5) is 36.1. The van der Waals surface area contributed by atoms with Crippen LogP contribution in [-0.4, -0.2) is 17.7 Å². The van der Waals surface area contributed by atoms with Gasteiger partial charge in [0.15, 0.2) is 0 Å². The molecule has 0 aliphatic rings. The molecule has 0 aromatic heterocycles. The van der Waals surface area contributed by atoms with Crippen LogP contribution < -0.4 is 16.4 Å². The van der Waals surface area contributed by atoms with E-state index in [2.05, 4.69) is 10.6 Å². The average Bonchev–Trinajstić information content (AvgIpc) is 2.37. The number of carbonyl (C=O) groups excluding carboxylic acids is 3. The van der Waals surface area contributed by atoms with Crippen LogP contribution in [0.3, 0.4) is 0 Å². The Bertz CT molecular complexity index is 637. The first-order valence-electron chi connectivity index (χ1n) is 7.40. The minimum atomic E-state index is -0.680. The van der Waals surface area contributed by atoms with Gasteiger partial charge in [-0.05, 0) is 12.1 Å². The van der Waals surface area contributed by atoms with Crippen molar-refractivity contribution in [3.8, 4) is 0 Å². The van der Waals surface area contributed by atoms with Crippen molar-refractivity contribution >= 4 is 29.1 Å². The van der Waals surface area contributed by atoms with Crippen molar-refractivity contribution in [2.75, 3.05) is 10.6 Å². The topological polar surface area (TPSA) is 101 Å². The predicted molar refractivity (Wildman–Crippen MR) is 91.1 cm³/mol. The highest BCUT2D eigenvalue weighted by atomic mass is 16.2. The maximum Gasteiger partial charge on any atom is 0.250 e. The predicted octanol–water partition coefficient (Wildman–Crippen LogP) is 2.75. The molecule has 0 saturated heterocycles. The highest BCUT2D eigenvalue weighted by Gasteiger charge is 2.26. The van der Waals surface area contributed by atoms with Gasteiger partial charge in [-0.2, -0.15) is 0 Å². The molecule has 23 heavy (non-hydrogen) atoms. The van der Waals surface area contributed by atoms with E-state index in [-0.39, 0.29) is 23.1 Å². The number of amides is 3. The lowest BCUT2D eigenvalue weighted by Gasteiger charge is -2.23. The third-order valence-electron chi connectivity index (χ3n) is 3.18. The smallest absolute Gasteiger partial charge is 0.250 e. The summed E-state index contributed by atoms with van der Waals surface area (Å²) >= 11 is 0. The molecule has 0 atom stereocenters. The Balaban J connectivity index is 3.31. The van der Waals surface area contributed by atoms with E-state index in [1.807, 2.05) is 0 Å². The van der Waals surface area contributed by atoms with Gasteiger partial charge in [0.1, 0.15) is 0 Å². The number of hydrogen-bond acceptors (Lipinski definition) is 3. The standard InChI is InChI=1S/C17H25N3O3/c1-16(2,3)14(22)19-11-9-7-8-10(13(18)21)12(11)20-15(23)17(4,5)6/h7-9H,1-6H3,(H2,18,21)(H,19,22)(H,20,23). The van der Waals surface area contributed by atoms with E-state index in [1.165, 1.54) is 6.07 Å². The third kappa shape index (κ3) is 4.81. The molecule has 0 radical (unpaired) electrons. The van der Waals surface area contributed by atoms with Crippen LogP contribution in [0.1, 0.15) is 51.9 Å². The first-order valence-corrected chi connectivity index (χ1v) is 7.40. The third-order valence-corrected chi connectivity index (χ3v) is 3.18. The van der Waals surface area contributed by atoms with E-state index in [9.17, 15) is 14.4 Å². The van der Waals surface area contributed by atoms with Gasteiger partial charge in [0.2, 0.25) is 11.8 Å². The molecule has 0 unspecified atom stereocenters. The molecule has 4 N–H and O–H groups in total. The summed E-state index contributed by atoms with van der Waals surface area (Å²) in [6.07, 6.45) is 0. The molecule has 3 amide bonds. The van der Waals surface area contributed by atoms with Crippen molar-refractivity contribution < 1.29 is 14.4 Å². The fourth-order valence-corrected chi connectivity index (χ4v) is 1.61. The van der Waals surface area contributed by atoms with E-state index in [1.54, 1.807) is 53.7 Å². The SMILES string of the molecule is CC(C)(C)C(=O)Nc1cccc(C(N)=O)c1NC(=O)C(C)(C)C. The highest BCUT2D eigenvalue weighted by Crippen LogP contribution is 2.30. The number of rotatable bonds is 3. The van der Waals surface area contributed by atoms with Gasteiger partial charge < -0.3 is 16.4 Å². The van der Waals surface area contributed by atoms with Crippen molar-refractivity contribution in [3.63, 3.8) is 0 Å². The van der Waals surface area contributed by atoms with E-state index >= 15 is 0 Å². The van der Waals surface area contributed by atoms with Crippen molar-refractivity contribution in [1.82, 2.24) is 0 Å². The summed E-state index contributed by atoms with van der Waals surface area (Å²) in [5, 5.41) is 5.44. The van der Waals surface area contributed by atoms with Gasteiger partial charge in [-0.15, -0.1) is 0 Å². The van der Waals surface area contributed by atoms with Gasteiger partial charge in [0.05, 0.1) is 16.9 Å². The van der Waals surface area contributed by atoms with Crippen LogP contribution >= 0.6 is 0 Å². The van der Waals surface area contributed by atoms with Crippen LogP contribution in [0.2, 0.25) is 0 Å². The van der Waals surface area contributed by atoms with Crippen LogP contribution in [0.25, 0.3) is 0 Å². The number of carbonyl (C=O) groups is 3. The first-order chi connectivity index (χ1) is 10.3. The van der Waals surface area contributed by atoms with Gasteiger partial charge in [-0.1, -0.05) is 47.6 Å². The summed E-state index contributed by atoms with van der Waals surface area (Å²) in [6, 6.07) is 4.73. The Morgan fingerprint density at radius 2 is 1.35 bits per heavy atom. The van der Waals surface area contributed by atoms with Crippen molar-refractivity contribution in [1.29, 1.82) is 0 Å². The zero-order valence-electron chi connectivity index (χ0n) is 14.5. The fraction of sp³-hybridized carbons (Fsp3) is 0.471. The summed E-state index contributed by atoms with van der Waals surface area (Å²) < 4.78 is 0. The van der Waals surface area contributed by atoms with E-state index in [4.69, 9.17) is 5.73 Å². The highest BCUT2D eigenvalue weighted by molar-refractivity contribution is 6.09. The zero-order chi connectivity index (χ0) is 18.0. The molecule has 0 bridgehead atoms. The molecular weight excluding hydrogens is 294 g/mol. The number of benzene rings is 1. The van der Waals surface area contributed by atoms with Crippen LogP contribution in [0.15, 0.2) is 18.2 Å². The van der Waals surface area contributed by atoms with E-state index in [0.29, 0.717) is 5.69 Å². The Morgan fingerprint density at radius 1 is 0.870 bits per heavy atom. The molecule has 0 spiro atoms. The number of nitrogens with two attached hydrogens (primary N) is 1. The lowest BCUT2D eigenvalue weighted by atomic mass is 9.94. The Hall–Kier alpha value is -2.37. The number of nitrogens with one attached hydrogen (secondary N) is 2. The largest absolute Gasteiger partial charge is 0.366 e. The summed E-state index contributed by atoms with van der Waals surface area (Å²) in [7, 11) is 0. The van der Waals surface area contributed by atoms with E-state index < -0.39 is 16.7 Å². The molecule has 6 nitrogen and oxygen atoms in total. The van der Waals surface area contributed by atoms with Crippen LogP contribution in [0.5, 0.6) is 0 Å². The van der Waals surface area contributed by atoms with Crippen LogP contribution in [0, 0.1) is 10.8 Å². The summed E-state index contributed by atoms with van der Waals surface area (Å²) in [5.41, 5.74) is 4.82. The van der Waals surface area contributed by atoms with Gasteiger partial charge >= 0.3 is 0 Å². The molecular formula is C17H25N3O3. The van der Waals surface area contributed by atoms with E-state index in [0.717, 1.165) is 0 Å². The second-order valence-electron chi connectivity index (χ2n) is 7.50. The monoisotopic (exact) mass is 319 g/mol. The Kier molecular flexibility index (Phi) is 5.20. The average molecular weight is 319 g/mol. The lowest BCUT2D eigenvalue weighted by molar-refractivity contribution is -0.124. The molecule has 0 saturated carbocycles. The maximum atomic E-state index is 12.3. The molecule has 6 heteroatoms. The van der Waals surface area contributed by atoms with Gasteiger partial charge in [-0.3, -0.25) is 14.4 Å². The fourth-order valence-electron chi connectivity index (χ4n) is 1.61. The molecule has 1 aromatic rings. The van der Waals surface area contributed by atoms with Gasteiger partial charge in [0.25, 0.3) is 5.91 Å². The van der Waals surface area contributed by atoms with Gasteiger partial charge in [0, 0.05) is 10.8 Å². The lowest BCUT2D eigenvalue weighted by Crippen LogP contribution is -2.31. The van der Waals surface area contributed by atoms with Crippen molar-refractivity contribution in [2.45, 2.75) is 41.5 Å². The number of anilines is 2. The number of hydrogen-bond donors (Lipinski definition) is 3.